The average Bonchev–Trinajstić information content (AvgIpc) is 3.39. The predicted octanol–water partition coefficient (Wildman–Crippen LogP) is 2.65. The summed E-state index contributed by atoms with van der Waals surface area (Å²) in [6, 6.07) is 13.2. The quantitative estimate of drug-likeness (QED) is 0.305. The molecule has 5 rings (SSSR count). The number of benzene rings is 2. The van der Waals surface area contributed by atoms with Gasteiger partial charge in [-0.2, -0.15) is 0 Å². The van der Waals surface area contributed by atoms with Crippen molar-refractivity contribution in [2.75, 3.05) is 12.3 Å². The number of nitrogens with zero attached hydrogens (tertiary/aromatic N) is 1. The van der Waals surface area contributed by atoms with Gasteiger partial charge in [0.25, 0.3) is 11.8 Å². The second-order valence-electron chi connectivity index (χ2n) is 7.37. The van der Waals surface area contributed by atoms with E-state index in [4.69, 9.17) is 5.73 Å². The molecule has 1 aliphatic heterocycles. The number of nitrogens with one attached hydrogen (secondary N) is 2. The Morgan fingerprint density at radius 2 is 1.73 bits per heavy atom. The molecule has 7 nitrogen and oxygen atoms in total. The van der Waals surface area contributed by atoms with E-state index >= 15 is 0 Å². The van der Waals surface area contributed by atoms with Gasteiger partial charge in [0.05, 0.1) is 16.7 Å². The van der Waals surface area contributed by atoms with Crippen molar-refractivity contribution in [3.05, 3.63) is 66.0 Å². The molecule has 0 spiro atoms. The first kappa shape index (κ1) is 18.2. The Kier molecular flexibility index (Phi) is 4.18. The molecule has 1 aliphatic rings. The number of nitrogen functional groups attached to an aromatic ring is 1. The predicted molar refractivity (Wildman–Crippen MR) is 116 cm³/mol. The number of anilines is 1. The smallest absolute Gasteiger partial charge is 0.259 e. The van der Waals surface area contributed by atoms with Gasteiger partial charge in [0.15, 0.2) is 0 Å². The van der Waals surface area contributed by atoms with Crippen LogP contribution in [0.5, 0.6) is 0 Å². The summed E-state index contributed by atoms with van der Waals surface area (Å²) in [5.41, 5.74) is 10.4. The summed E-state index contributed by atoms with van der Waals surface area (Å²) >= 11 is 0. The van der Waals surface area contributed by atoms with Gasteiger partial charge in [-0.3, -0.25) is 14.9 Å². The second-order valence-corrected chi connectivity index (χ2v) is 7.37. The third-order valence-electron chi connectivity index (χ3n) is 5.52. The van der Waals surface area contributed by atoms with Gasteiger partial charge in [-0.1, -0.05) is 24.3 Å². The van der Waals surface area contributed by atoms with Crippen molar-refractivity contribution >= 4 is 50.5 Å². The molecule has 0 saturated heterocycles. The molecule has 3 heterocycles. The molecule has 0 fully saturated rings. The van der Waals surface area contributed by atoms with Gasteiger partial charge < -0.3 is 20.4 Å². The fourth-order valence-electron chi connectivity index (χ4n) is 4.18. The van der Waals surface area contributed by atoms with Crippen LogP contribution in [0.25, 0.3) is 33.0 Å². The summed E-state index contributed by atoms with van der Waals surface area (Å²) in [5, 5.41) is 13.4. The number of para-hydroxylation sites is 1. The fraction of sp³-hybridized carbons (Fsp3) is 0.130. The van der Waals surface area contributed by atoms with Crippen LogP contribution in [-0.4, -0.2) is 33.1 Å². The van der Waals surface area contributed by atoms with Crippen LogP contribution in [0.4, 0.5) is 5.69 Å². The van der Waals surface area contributed by atoms with E-state index in [2.05, 4.69) is 10.3 Å². The number of rotatable bonds is 5. The number of hydrogen-bond donors (Lipinski definition) is 4. The summed E-state index contributed by atoms with van der Waals surface area (Å²) < 4.78 is 1.97. The van der Waals surface area contributed by atoms with Gasteiger partial charge in [-0.25, -0.2) is 0 Å². The SMILES string of the molecule is Nc1ccc2c(C3=C(c4c[nH]c5ccccc45)C(=O)NC3=O)cn(CCCO)c2c1. The first-order chi connectivity index (χ1) is 14.6. The fourth-order valence-corrected chi connectivity index (χ4v) is 4.18. The maximum absolute atomic E-state index is 12.9. The van der Waals surface area contributed by atoms with Gasteiger partial charge >= 0.3 is 0 Å². The Balaban J connectivity index is 1.80. The minimum absolute atomic E-state index is 0.0551. The zero-order chi connectivity index (χ0) is 20.8. The van der Waals surface area contributed by atoms with Crippen molar-refractivity contribution in [1.29, 1.82) is 0 Å². The Bertz CT molecular complexity index is 1360. The minimum Gasteiger partial charge on any atom is -0.399 e. The summed E-state index contributed by atoms with van der Waals surface area (Å²) in [5.74, 6) is -0.829. The molecule has 4 aromatic rings. The molecule has 0 saturated carbocycles. The molecule has 0 bridgehead atoms. The van der Waals surface area contributed by atoms with Crippen molar-refractivity contribution in [3.8, 4) is 0 Å². The van der Waals surface area contributed by atoms with Gasteiger partial charge in [0.1, 0.15) is 0 Å². The number of carbonyl (C=O) groups is 2. The number of imide groups is 1. The monoisotopic (exact) mass is 400 g/mol. The van der Waals surface area contributed by atoms with Crippen LogP contribution >= 0.6 is 0 Å². The van der Waals surface area contributed by atoms with Crippen LogP contribution in [0.3, 0.4) is 0 Å². The summed E-state index contributed by atoms with van der Waals surface area (Å²) in [4.78, 5) is 28.9. The maximum Gasteiger partial charge on any atom is 0.259 e. The molecule has 0 aliphatic carbocycles. The first-order valence-corrected chi connectivity index (χ1v) is 9.74. The Hall–Kier alpha value is -3.84. The molecule has 2 aromatic heterocycles. The number of aliphatic hydroxyl groups excluding tert-OH is 1. The van der Waals surface area contributed by atoms with Crippen molar-refractivity contribution in [1.82, 2.24) is 14.9 Å². The number of aliphatic hydroxyl groups is 1. The summed E-state index contributed by atoms with van der Waals surface area (Å²) in [6.07, 6.45) is 4.20. The van der Waals surface area contributed by atoms with E-state index in [0.717, 1.165) is 21.8 Å². The number of fused-ring (bicyclic) bond motifs is 2. The van der Waals surface area contributed by atoms with Gasteiger partial charge in [-0.05, 0) is 24.6 Å². The van der Waals surface area contributed by atoms with E-state index in [0.29, 0.717) is 40.9 Å². The number of aromatic amines is 1. The normalized spacial score (nSPS) is 14.3. The number of H-pyrrole nitrogens is 1. The molecule has 2 amide bonds. The molecule has 7 heteroatoms. The standard InChI is InChI=1S/C23H20N4O3/c24-13-6-7-15-17(12-27(8-3-9-28)19(15)10-13)21-20(22(29)26-23(21)30)16-11-25-18-5-2-1-4-14(16)18/h1-2,4-7,10-12,25,28H,3,8-9,24H2,(H,26,29,30). The molecule has 0 atom stereocenters. The number of carbonyl (C=O) groups excluding carboxylic acids is 2. The van der Waals surface area contributed by atoms with Crippen molar-refractivity contribution in [2.45, 2.75) is 13.0 Å². The van der Waals surface area contributed by atoms with E-state index < -0.39 is 11.8 Å². The van der Waals surface area contributed by atoms with E-state index in [9.17, 15) is 14.7 Å². The third kappa shape index (κ3) is 2.71. The zero-order valence-electron chi connectivity index (χ0n) is 16.1. The molecule has 5 N–H and O–H groups in total. The Morgan fingerprint density at radius 3 is 2.53 bits per heavy atom. The van der Waals surface area contributed by atoms with Crippen molar-refractivity contribution < 1.29 is 14.7 Å². The highest BCUT2D eigenvalue weighted by atomic mass is 16.3. The molecule has 0 radical (unpaired) electrons. The highest BCUT2D eigenvalue weighted by Crippen LogP contribution is 2.38. The minimum atomic E-state index is -0.418. The van der Waals surface area contributed by atoms with E-state index in [1.807, 2.05) is 47.2 Å². The Labute approximate surface area is 171 Å². The number of aromatic nitrogens is 2. The number of aryl methyl sites for hydroxylation is 1. The van der Waals surface area contributed by atoms with Gasteiger partial charge in [0, 0.05) is 58.6 Å². The molecule has 2 aromatic carbocycles. The Morgan fingerprint density at radius 1 is 0.967 bits per heavy atom. The number of amides is 2. The lowest BCUT2D eigenvalue weighted by atomic mass is 9.95. The lowest BCUT2D eigenvalue weighted by Gasteiger charge is -2.03. The van der Waals surface area contributed by atoms with Crippen LogP contribution < -0.4 is 11.1 Å². The van der Waals surface area contributed by atoms with E-state index in [1.165, 1.54) is 0 Å². The van der Waals surface area contributed by atoms with Crippen molar-refractivity contribution in [2.24, 2.45) is 0 Å². The molecular weight excluding hydrogens is 380 g/mol. The lowest BCUT2D eigenvalue weighted by Crippen LogP contribution is -2.22. The molecular formula is C23H20N4O3. The summed E-state index contributed by atoms with van der Waals surface area (Å²) in [6.45, 7) is 0.626. The molecule has 30 heavy (non-hydrogen) atoms. The van der Waals surface area contributed by atoms with Gasteiger partial charge in [0.2, 0.25) is 0 Å². The van der Waals surface area contributed by atoms with Crippen LogP contribution in [0.2, 0.25) is 0 Å². The van der Waals surface area contributed by atoms with Gasteiger partial charge in [-0.15, -0.1) is 0 Å². The van der Waals surface area contributed by atoms with Crippen LogP contribution in [-0.2, 0) is 16.1 Å². The lowest BCUT2D eigenvalue weighted by molar-refractivity contribution is -0.122. The molecule has 0 unspecified atom stereocenters. The maximum atomic E-state index is 12.9. The zero-order valence-corrected chi connectivity index (χ0v) is 16.1. The summed E-state index contributed by atoms with van der Waals surface area (Å²) in [7, 11) is 0. The first-order valence-electron chi connectivity index (χ1n) is 9.74. The average molecular weight is 400 g/mol. The number of hydrogen-bond acceptors (Lipinski definition) is 4. The van der Waals surface area contributed by atoms with Crippen LogP contribution in [0.1, 0.15) is 17.5 Å². The van der Waals surface area contributed by atoms with Crippen LogP contribution in [0.15, 0.2) is 54.9 Å². The van der Waals surface area contributed by atoms with Crippen LogP contribution in [0, 0.1) is 0 Å². The largest absolute Gasteiger partial charge is 0.399 e. The van der Waals surface area contributed by atoms with E-state index in [1.54, 1.807) is 12.3 Å². The van der Waals surface area contributed by atoms with E-state index in [-0.39, 0.29) is 6.61 Å². The highest BCUT2D eigenvalue weighted by Gasteiger charge is 2.35. The topological polar surface area (TPSA) is 113 Å². The molecule has 150 valence electrons. The second kappa shape index (κ2) is 6.89. The van der Waals surface area contributed by atoms with Crippen molar-refractivity contribution in [3.63, 3.8) is 0 Å². The number of nitrogens with two attached hydrogens (primary N) is 1. The third-order valence-corrected chi connectivity index (χ3v) is 5.52. The highest BCUT2D eigenvalue weighted by molar-refractivity contribution is 6.50.